The van der Waals surface area contributed by atoms with E-state index in [-0.39, 0.29) is 0 Å². The highest BCUT2D eigenvalue weighted by Crippen LogP contribution is 2.33. The molecule has 13 heavy (non-hydrogen) atoms. The molecular weight excluding hydrogens is 178 g/mol. The van der Waals surface area contributed by atoms with Crippen LogP contribution in [0.5, 0.6) is 0 Å². The van der Waals surface area contributed by atoms with Crippen LogP contribution in [0.1, 0.15) is 25.3 Å². The Labute approximate surface area is 84.0 Å². The van der Waals surface area contributed by atoms with E-state index in [0.717, 1.165) is 5.92 Å². The van der Waals surface area contributed by atoms with E-state index in [1.807, 2.05) is 0 Å². The summed E-state index contributed by atoms with van der Waals surface area (Å²) in [5.41, 5.74) is 7.50. The summed E-state index contributed by atoms with van der Waals surface area (Å²) >= 11 is 1.79. The number of hydrogen-bond acceptors (Lipinski definition) is 2. The van der Waals surface area contributed by atoms with Crippen LogP contribution < -0.4 is 5.73 Å². The highest BCUT2D eigenvalue weighted by Gasteiger charge is 2.29. The smallest absolute Gasteiger partial charge is 0.00673 e. The summed E-state index contributed by atoms with van der Waals surface area (Å²) in [4.78, 5) is 0. The predicted molar refractivity (Wildman–Crippen MR) is 57.9 cm³/mol. The quantitative estimate of drug-likeness (QED) is 0.771. The lowest BCUT2D eigenvalue weighted by atomic mass is 9.91. The molecule has 2 rings (SSSR count). The maximum Gasteiger partial charge on any atom is 0.00673 e. The van der Waals surface area contributed by atoms with Gasteiger partial charge in [-0.25, -0.2) is 0 Å². The van der Waals surface area contributed by atoms with Gasteiger partial charge in [0.1, 0.15) is 0 Å². The molecule has 1 aliphatic rings. The van der Waals surface area contributed by atoms with Crippen LogP contribution in [-0.2, 0) is 6.42 Å². The van der Waals surface area contributed by atoms with Gasteiger partial charge in [0.2, 0.25) is 0 Å². The van der Waals surface area contributed by atoms with Crippen LogP contribution in [0.4, 0.5) is 0 Å². The van der Waals surface area contributed by atoms with E-state index >= 15 is 0 Å². The lowest BCUT2D eigenvalue weighted by molar-refractivity contribution is 0.391. The van der Waals surface area contributed by atoms with E-state index < -0.39 is 0 Å². The van der Waals surface area contributed by atoms with Gasteiger partial charge in [0.05, 0.1) is 0 Å². The fourth-order valence-electron chi connectivity index (χ4n) is 2.28. The Bertz CT molecular complexity index is 255. The second-order valence-electron chi connectivity index (χ2n) is 4.20. The second kappa shape index (κ2) is 3.81. The first kappa shape index (κ1) is 9.22. The van der Waals surface area contributed by atoms with E-state index in [0.29, 0.717) is 12.0 Å². The number of nitrogens with two attached hydrogens (primary N) is 1. The first-order valence-corrected chi connectivity index (χ1v) is 5.98. The van der Waals surface area contributed by atoms with Gasteiger partial charge in [-0.3, -0.25) is 0 Å². The average Bonchev–Trinajstić information content (AvgIpc) is 2.71. The fraction of sp³-hybridized carbons (Fsp3) is 0.636. The molecule has 1 fully saturated rings. The molecule has 0 aromatic carbocycles. The van der Waals surface area contributed by atoms with Crippen molar-refractivity contribution in [1.29, 1.82) is 0 Å². The Kier molecular flexibility index (Phi) is 2.70. The molecule has 3 atom stereocenters. The Morgan fingerprint density at radius 1 is 1.54 bits per heavy atom. The summed E-state index contributed by atoms with van der Waals surface area (Å²) in [7, 11) is 0. The van der Waals surface area contributed by atoms with Crippen molar-refractivity contribution in [2.75, 3.05) is 0 Å². The van der Waals surface area contributed by atoms with Crippen LogP contribution in [0.15, 0.2) is 16.8 Å². The number of hydrogen-bond donors (Lipinski definition) is 1. The van der Waals surface area contributed by atoms with E-state index in [1.54, 1.807) is 11.3 Å². The minimum atomic E-state index is 0.448. The van der Waals surface area contributed by atoms with E-state index in [4.69, 9.17) is 5.73 Å². The first-order chi connectivity index (χ1) is 6.27. The second-order valence-corrected chi connectivity index (χ2v) is 4.98. The summed E-state index contributed by atoms with van der Waals surface area (Å²) in [5, 5.41) is 4.42. The predicted octanol–water partition coefficient (Wildman–Crippen LogP) is 2.66. The average molecular weight is 195 g/mol. The zero-order chi connectivity index (χ0) is 9.26. The summed E-state index contributed by atoms with van der Waals surface area (Å²) < 4.78 is 0. The minimum Gasteiger partial charge on any atom is -0.327 e. The van der Waals surface area contributed by atoms with Crippen LogP contribution in [-0.4, -0.2) is 6.04 Å². The van der Waals surface area contributed by atoms with Crippen LogP contribution in [0.25, 0.3) is 0 Å². The van der Waals surface area contributed by atoms with Crippen molar-refractivity contribution in [3.63, 3.8) is 0 Å². The first-order valence-electron chi connectivity index (χ1n) is 5.04. The molecule has 1 aliphatic carbocycles. The Morgan fingerprint density at radius 2 is 2.38 bits per heavy atom. The molecule has 1 nitrogen and oxygen atoms in total. The van der Waals surface area contributed by atoms with Crippen molar-refractivity contribution >= 4 is 11.3 Å². The van der Waals surface area contributed by atoms with Gasteiger partial charge in [0, 0.05) is 6.04 Å². The zero-order valence-corrected chi connectivity index (χ0v) is 8.89. The summed E-state index contributed by atoms with van der Waals surface area (Å²) in [6.45, 7) is 2.30. The number of rotatable bonds is 2. The molecule has 1 saturated carbocycles. The molecule has 1 aromatic rings. The molecule has 0 aliphatic heterocycles. The van der Waals surface area contributed by atoms with Crippen LogP contribution >= 0.6 is 11.3 Å². The van der Waals surface area contributed by atoms with Crippen LogP contribution in [0.2, 0.25) is 0 Å². The highest BCUT2D eigenvalue weighted by molar-refractivity contribution is 7.07. The minimum absolute atomic E-state index is 0.448. The van der Waals surface area contributed by atoms with Gasteiger partial charge < -0.3 is 5.73 Å². The van der Waals surface area contributed by atoms with E-state index in [9.17, 15) is 0 Å². The van der Waals surface area contributed by atoms with Crippen molar-refractivity contribution in [2.45, 2.75) is 32.2 Å². The Balaban J connectivity index is 1.96. The fourth-order valence-corrected chi connectivity index (χ4v) is 2.96. The topological polar surface area (TPSA) is 26.0 Å². The van der Waals surface area contributed by atoms with Gasteiger partial charge in [-0.05, 0) is 53.5 Å². The molecular formula is C11H17NS. The van der Waals surface area contributed by atoms with E-state index in [1.165, 1.54) is 24.8 Å². The van der Waals surface area contributed by atoms with Gasteiger partial charge in [-0.15, -0.1) is 0 Å². The van der Waals surface area contributed by atoms with Gasteiger partial charge in [0.25, 0.3) is 0 Å². The molecule has 0 amide bonds. The molecule has 0 saturated heterocycles. The van der Waals surface area contributed by atoms with E-state index in [2.05, 4.69) is 23.8 Å². The normalized spacial score (nSPS) is 33.8. The molecule has 2 N–H and O–H groups in total. The standard InChI is InChI=1S/C11H17NS/c1-8-10(2-3-11(8)12)6-9-4-5-13-7-9/h4-5,7-8,10-11H,2-3,6,12H2,1H3. The van der Waals surface area contributed by atoms with Gasteiger partial charge in [0.15, 0.2) is 0 Å². The third-order valence-corrected chi connectivity index (χ3v) is 4.10. The van der Waals surface area contributed by atoms with Crippen molar-refractivity contribution in [3.05, 3.63) is 22.4 Å². The molecule has 72 valence electrons. The lowest BCUT2D eigenvalue weighted by Crippen LogP contribution is -2.25. The Hall–Kier alpha value is -0.340. The van der Waals surface area contributed by atoms with Gasteiger partial charge in [-0.2, -0.15) is 11.3 Å². The number of thiophene rings is 1. The van der Waals surface area contributed by atoms with Gasteiger partial charge in [-0.1, -0.05) is 6.92 Å². The third-order valence-electron chi connectivity index (χ3n) is 3.37. The van der Waals surface area contributed by atoms with Crippen molar-refractivity contribution in [2.24, 2.45) is 17.6 Å². The summed E-state index contributed by atoms with van der Waals surface area (Å²) in [5.74, 6) is 1.53. The highest BCUT2D eigenvalue weighted by atomic mass is 32.1. The monoisotopic (exact) mass is 195 g/mol. The van der Waals surface area contributed by atoms with Crippen molar-refractivity contribution in [3.8, 4) is 0 Å². The molecule has 0 radical (unpaired) electrons. The largest absolute Gasteiger partial charge is 0.327 e. The summed E-state index contributed by atoms with van der Waals surface area (Å²) in [6.07, 6.45) is 3.77. The molecule has 1 aromatic heterocycles. The van der Waals surface area contributed by atoms with Crippen LogP contribution in [0.3, 0.4) is 0 Å². The summed E-state index contributed by atoms with van der Waals surface area (Å²) in [6, 6.07) is 2.69. The Morgan fingerprint density at radius 3 is 2.92 bits per heavy atom. The molecule has 2 heteroatoms. The molecule has 1 heterocycles. The zero-order valence-electron chi connectivity index (χ0n) is 8.07. The maximum atomic E-state index is 6.00. The molecule has 0 bridgehead atoms. The SMILES string of the molecule is CC1C(N)CCC1Cc1ccsc1. The van der Waals surface area contributed by atoms with Crippen molar-refractivity contribution in [1.82, 2.24) is 0 Å². The van der Waals surface area contributed by atoms with Gasteiger partial charge >= 0.3 is 0 Å². The maximum absolute atomic E-state index is 6.00. The molecule has 0 spiro atoms. The molecule has 3 unspecified atom stereocenters. The lowest BCUT2D eigenvalue weighted by Gasteiger charge is -2.17. The van der Waals surface area contributed by atoms with Crippen molar-refractivity contribution < 1.29 is 0 Å². The van der Waals surface area contributed by atoms with Crippen LogP contribution in [0, 0.1) is 11.8 Å². The third kappa shape index (κ3) is 1.94.